The summed E-state index contributed by atoms with van der Waals surface area (Å²) in [6, 6.07) is 6.79. The van der Waals surface area contributed by atoms with Crippen molar-refractivity contribution in [2.24, 2.45) is 0 Å². The topological polar surface area (TPSA) is 44.9 Å². The zero-order chi connectivity index (χ0) is 16.5. The third kappa shape index (κ3) is 2.65. The molecule has 0 aliphatic carbocycles. The molecule has 0 amide bonds. The molecule has 5 nitrogen and oxygen atoms in total. The quantitative estimate of drug-likeness (QED) is 0.738. The van der Waals surface area contributed by atoms with Gasteiger partial charge >= 0.3 is 0 Å². The molecule has 0 spiro atoms. The number of hydrogen-bond donors (Lipinski definition) is 0. The van der Waals surface area contributed by atoms with Crippen LogP contribution in [0.2, 0.25) is 0 Å². The minimum absolute atomic E-state index is 0.447. The summed E-state index contributed by atoms with van der Waals surface area (Å²) in [4.78, 5) is 4.70. The van der Waals surface area contributed by atoms with Crippen LogP contribution in [0.1, 0.15) is 30.0 Å². The number of aromatic nitrogens is 4. The minimum Gasteiger partial charge on any atom is -0.381 e. The maximum Gasteiger partial charge on any atom is 0.142 e. The van der Waals surface area contributed by atoms with E-state index in [1.807, 2.05) is 29.3 Å². The number of imidazole rings is 1. The number of benzene rings is 1. The van der Waals surface area contributed by atoms with E-state index in [1.54, 1.807) is 0 Å². The van der Waals surface area contributed by atoms with Crippen molar-refractivity contribution < 1.29 is 4.74 Å². The fraction of sp³-hybridized carbons (Fsp3) is 0.368. The Morgan fingerprint density at radius 3 is 2.67 bits per heavy atom. The van der Waals surface area contributed by atoms with Crippen LogP contribution < -0.4 is 0 Å². The van der Waals surface area contributed by atoms with Gasteiger partial charge in [-0.05, 0) is 49.9 Å². The van der Waals surface area contributed by atoms with E-state index in [1.165, 1.54) is 11.1 Å². The highest BCUT2D eigenvalue weighted by Gasteiger charge is 2.22. The molecule has 0 unspecified atom stereocenters. The molecule has 0 atom stereocenters. The highest BCUT2D eigenvalue weighted by Crippen LogP contribution is 2.33. The van der Waals surface area contributed by atoms with Gasteiger partial charge in [-0.3, -0.25) is 0 Å². The fourth-order valence-electron chi connectivity index (χ4n) is 3.59. The Hall–Kier alpha value is -2.40. The molecule has 1 aliphatic heterocycles. The van der Waals surface area contributed by atoms with Crippen molar-refractivity contribution in [3.05, 3.63) is 54.1 Å². The van der Waals surface area contributed by atoms with Crippen LogP contribution in [0, 0.1) is 13.8 Å². The molecule has 3 heterocycles. The highest BCUT2D eigenvalue weighted by atomic mass is 16.5. The number of hydrogen-bond acceptors (Lipinski definition) is 3. The van der Waals surface area contributed by atoms with Crippen molar-refractivity contribution in [3.8, 4) is 17.1 Å². The van der Waals surface area contributed by atoms with Gasteiger partial charge in [-0.1, -0.05) is 6.07 Å². The highest BCUT2D eigenvalue weighted by molar-refractivity contribution is 5.72. The summed E-state index contributed by atoms with van der Waals surface area (Å²) in [5.74, 6) is 1.02. The molecule has 3 aromatic rings. The zero-order valence-corrected chi connectivity index (χ0v) is 14.1. The van der Waals surface area contributed by atoms with Crippen molar-refractivity contribution in [2.75, 3.05) is 13.2 Å². The van der Waals surface area contributed by atoms with E-state index in [0.717, 1.165) is 43.1 Å². The summed E-state index contributed by atoms with van der Waals surface area (Å²) in [7, 11) is 0. The van der Waals surface area contributed by atoms with Crippen LogP contribution in [0.5, 0.6) is 0 Å². The molecule has 5 heteroatoms. The summed E-state index contributed by atoms with van der Waals surface area (Å²) >= 11 is 0. The van der Waals surface area contributed by atoms with Gasteiger partial charge in [0.25, 0.3) is 0 Å². The summed E-state index contributed by atoms with van der Waals surface area (Å²) < 4.78 is 9.76. The van der Waals surface area contributed by atoms with Gasteiger partial charge in [0, 0.05) is 49.6 Å². The zero-order valence-electron chi connectivity index (χ0n) is 14.1. The largest absolute Gasteiger partial charge is 0.381 e. The fourth-order valence-corrected chi connectivity index (χ4v) is 3.59. The first kappa shape index (κ1) is 15.1. The Labute approximate surface area is 141 Å². The SMILES string of the molecule is Cc1cc(C)c(-c2nccn2C2CCOCC2)c(-n2cccn2)c1. The lowest BCUT2D eigenvalue weighted by atomic mass is 10.0. The van der Waals surface area contributed by atoms with E-state index < -0.39 is 0 Å². The molecule has 2 aromatic heterocycles. The lowest BCUT2D eigenvalue weighted by Gasteiger charge is -2.26. The lowest BCUT2D eigenvalue weighted by molar-refractivity contribution is 0.0700. The normalized spacial score (nSPS) is 15.8. The Morgan fingerprint density at radius 2 is 1.92 bits per heavy atom. The second kappa shape index (κ2) is 6.24. The second-order valence-corrected chi connectivity index (χ2v) is 6.43. The molecule has 1 fully saturated rings. The monoisotopic (exact) mass is 322 g/mol. The maximum atomic E-state index is 5.52. The number of ether oxygens (including phenoxy) is 1. The molecule has 1 saturated heterocycles. The molecule has 124 valence electrons. The predicted octanol–water partition coefficient (Wildman–Crippen LogP) is 3.70. The molecule has 4 rings (SSSR count). The average Bonchev–Trinajstić information content (AvgIpc) is 3.27. The van der Waals surface area contributed by atoms with Gasteiger partial charge in [0.1, 0.15) is 5.82 Å². The molecule has 1 aliphatic rings. The first-order chi connectivity index (χ1) is 11.7. The summed E-state index contributed by atoms with van der Waals surface area (Å²) in [6.07, 6.45) is 9.86. The van der Waals surface area contributed by atoms with Crippen LogP contribution in [0.3, 0.4) is 0 Å². The first-order valence-corrected chi connectivity index (χ1v) is 8.46. The van der Waals surface area contributed by atoms with Crippen LogP contribution in [0.4, 0.5) is 0 Å². The Morgan fingerprint density at radius 1 is 1.08 bits per heavy atom. The molecular formula is C19H22N4O. The van der Waals surface area contributed by atoms with Gasteiger partial charge < -0.3 is 9.30 Å². The predicted molar refractivity (Wildman–Crippen MR) is 93.3 cm³/mol. The van der Waals surface area contributed by atoms with Gasteiger partial charge in [-0.25, -0.2) is 9.67 Å². The van der Waals surface area contributed by atoms with E-state index >= 15 is 0 Å². The smallest absolute Gasteiger partial charge is 0.142 e. The van der Waals surface area contributed by atoms with Gasteiger partial charge in [0.05, 0.1) is 5.69 Å². The van der Waals surface area contributed by atoms with Crippen molar-refractivity contribution in [1.82, 2.24) is 19.3 Å². The van der Waals surface area contributed by atoms with E-state index in [9.17, 15) is 0 Å². The molecule has 0 saturated carbocycles. The van der Waals surface area contributed by atoms with E-state index in [-0.39, 0.29) is 0 Å². The van der Waals surface area contributed by atoms with E-state index in [0.29, 0.717) is 6.04 Å². The second-order valence-electron chi connectivity index (χ2n) is 6.43. The molecular weight excluding hydrogens is 300 g/mol. The first-order valence-electron chi connectivity index (χ1n) is 8.46. The molecule has 24 heavy (non-hydrogen) atoms. The molecule has 0 N–H and O–H groups in total. The van der Waals surface area contributed by atoms with Crippen LogP contribution in [-0.4, -0.2) is 32.5 Å². The standard InChI is InChI=1S/C19H22N4O/c1-14-12-15(2)18(17(13-14)23-8-3-6-21-23)19-20-7-9-22(19)16-4-10-24-11-5-16/h3,6-9,12-13,16H,4-5,10-11H2,1-2H3. The van der Waals surface area contributed by atoms with Gasteiger partial charge in [-0.15, -0.1) is 0 Å². The van der Waals surface area contributed by atoms with E-state index in [4.69, 9.17) is 9.72 Å². The van der Waals surface area contributed by atoms with Crippen molar-refractivity contribution >= 4 is 0 Å². The van der Waals surface area contributed by atoms with Crippen molar-refractivity contribution in [3.63, 3.8) is 0 Å². The molecule has 0 bridgehead atoms. The third-order valence-electron chi connectivity index (χ3n) is 4.69. The third-order valence-corrected chi connectivity index (χ3v) is 4.69. The summed E-state index contributed by atoms with van der Waals surface area (Å²) in [6.45, 7) is 5.91. The minimum atomic E-state index is 0.447. The Kier molecular flexibility index (Phi) is 3.94. The van der Waals surface area contributed by atoms with Crippen LogP contribution in [0.15, 0.2) is 43.0 Å². The van der Waals surface area contributed by atoms with Crippen molar-refractivity contribution in [1.29, 1.82) is 0 Å². The lowest BCUT2D eigenvalue weighted by Crippen LogP contribution is -2.20. The molecule has 1 aromatic carbocycles. The van der Waals surface area contributed by atoms with Gasteiger partial charge in [0.15, 0.2) is 0 Å². The molecule has 0 radical (unpaired) electrons. The Balaban J connectivity index is 1.87. The van der Waals surface area contributed by atoms with Crippen LogP contribution in [0.25, 0.3) is 17.1 Å². The van der Waals surface area contributed by atoms with Gasteiger partial charge in [-0.2, -0.15) is 5.10 Å². The van der Waals surface area contributed by atoms with Crippen molar-refractivity contribution in [2.45, 2.75) is 32.7 Å². The average molecular weight is 322 g/mol. The number of aryl methyl sites for hydroxylation is 2. The van der Waals surface area contributed by atoms with E-state index in [2.05, 4.69) is 41.8 Å². The van der Waals surface area contributed by atoms with Crippen LogP contribution >= 0.6 is 0 Å². The maximum absolute atomic E-state index is 5.52. The summed E-state index contributed by atoms with van der Waals surface area (Å²) in [5.41, 5.74) is 4.68. The number of nitrogens with zero attached hydrogens (tertiary/aromatic N) is 4. The summed E-state index contributed by atoms with van der Waals surface area (Å²) in [5, 5.41) is 4.44. The number of rotatable bonds is 3. The Bertz CT molecular complexity index is 829. The van der Waals surface area contributed by atoms with Gasteiger partial charge in [0.2, 0.25) is 0 Å². The van der Waals surface area contributed by atoms with Crippen LogP contribution in [-0.2, 0) is 4.74 Å².